The van der Waals surface area contributed by atoms with Crippen molar-refractivity contribution in [2.75, 3.05) is 18.0 Å². The monoisotopic (exact) mass is 325 g/mol. The summed E-state index contributed by atoms with van der Waals surface area (Å²) < 4.78 is 0. The molecule has 0 radical (unpaired) electrons. The first-order chi connectivity index (χ1) is 11.1. The number of para-hydroxylation sites is 1. The Morgan fingerprint density at radius 3 is 2.52 bits per heavy atom. The molecule has 0 aromatic heterocycles. The van der Waals surface area contributed by atoms with Gasteiger partial charge in [-0.25, -0.2) is 0 Å². The fraction of sp³-hybridized carbons (Fsp3) is 0.300. The van der Waals surface area contributed by atoms with Gasteiger partial charge in [-0.2, -0.15) is 0 Å². The number of nitrogens with zero attached hydrogens (tertiary/aromatic N) is 1. The van der Waals surface area contributed by atoms with E-state index in [1.165, 1.54) is 11.3 Å². The highest BCUT2D eigenvalue weighted by Crippen LogP contribution is 2.28. The maximum Gasteiger partial charge on any atom is 0.129 e. The molecule has 0 aliphatic carbocycles. The first-order valence-corrected chi connectivity index (χ1v) is 8.25. The molecule has 0 bridgehead atoms. The molecule has 1 saturated heterocycles. The number of hydrogen-bond acceptors (Lipinski definition) is 2. The normalized spacial score (nSPS) is 16.6. The van der Waals surface area contributed by atoms with E-state index in [-0.39, 0.29) is 0 Å². The summed E-state index contributed by atoms with van der Waals surface area (Å²) in [6, 6.07) is 15.8. The summed E-state index contributed by atoms with van der Waals surface area (Å²) in [7, 11) is 0. The van der Waals surface area contributed by atoms with Gasteiger partial charge in [0.1, 0.15) is 5.60 Å². The number of anilines is 1. The number of halogens is 1. The maximum atomic E-state index is 10.7. The van der Waals surface area contributed by atoms with E-state index >= 15 is 0 Å². The molecule has 1 heterocycles. The summed E-state index contributed by atoms with van der Waals surface area (Å²) in [4.78, 5) is 2.32. The molecule has 1 aliphatic heterocycles. The minimum atomic E-state index is -0.915. The molecule has 1 fully saturated rings. The summed E-state index contributed by atoms with van der Waals surface area (Å²) in [5.41, 5.74) is 2.44. The van der Waals surface area contributed by atoms with Gasteiger partial charge < -0.3 is 10.0 Å². The van der Waals surface area contributed by atoms with Crippen molar-refractivity contribution in [3.8, 4) is 11.8 Å². The number of aliphatic hydroxyl groups is 1. The molecule has 1 N–H and O–H groups in total. The summed E-state index contributed by atoms with van der Waals surface area (Å²) in [5.74, 6) is 6.11. The summed E-state index contributed by atoms with van der Waals surface area (Å²) in [5, 5.41) is 11.4. The van der Waals surface area contributed by atoms with E-state index < -0.39 is 5.60 Å². The van der Waals surface area contributed by atoms with Crippen LogP contribution in [0, 0.1) is 18.8 Å². The molecule has 2 nitrogen and oxygen atoms in total. The highest BCUT2D eigenvalue weighted by atomic mass is 35.5. The quantitative estimate of drug-likeness (QED) is 0.800. The van der Waals surface area contributed by atoms with E-state index in [1.807, 2.05) is 24.3 Å². The molecule has 2 aromatic rings. The first kappa shape index (κ1) is 15.9. The van der Waals surface area contributed by atoms with Gasteiger partial charge in [-0.05, 0) is 36.8 Å². The van der Waals surface area contributed by atoms with E-state index in [1.54, 1.807) is 0 Å². The van der Waals surface area contributed by atoms with Gasteiger partial charge in [0.15, 0.2) is 0 Å². The van der Waals surface area contributed by atoms with E-state index in [0.717, 1.165) is 18.7 Å². The van der Waals surface area contributed by atoms with Crippen LogP contribution >= 0.6 is 11.6 Å². The van der Waals surface area contributed by atoms with Gasteiger partial charge in [-0.15, -0.1) is 0 Å². The zero-order valence-electron chi connectivity index (χ0n) is 13.2. The molecule has 118 valence electrons. The molecule has 0 spiro atoms. The van der Waals surface area contributed by atoms with Crippen LogP contribution in [0.25, 0.3) is 0 Å². The molecule has 0 saturated carbocycles. The van der Waals surface area contributed by atoms with Gasteiger partial charge in [0.05, 0.1) is 0 Å². The molecule has 0 atom stereocenters. The number of rotatable bonds is 1. The van der Waals surface area contributed by atoms with Crippen molar-refractivity contribution in [3.05, 3.63) is 64.7 Å². The van der Waals surface area contributed by atoms with Crippen LogP contribution < -0.4 is 4.90 Å². The number of hydrogen-bond donors (Lipinski definition) is 1. The Labute approximate surface area is 142 Å². The molecule has 23 heavy (non-hydrogen) atoms. The minimum Gasteiger partial charge on any atom is -0.377 e. The fourth-order valence-electron chi connectivity index (χ4n) is 2.92. The lowest BCUT2D eigenvalue weighted by atomic mass is 9.91. The van der Waals surface area contributed by atoms with Crippen molar-refractivity contribution in [3.63, 3.8) is 0 Å². The third kappa shape index (κ3) is 3.88. The molecule has 0 amide bonds. The minimum absolute atomic E-state index is 0.648. The lowest BCUT2D eigenvalue weighted by Crippen LogP contribution is -2.43. The van der Waals surface area contributed by atoms with Crippen LogP contribution in [0.5, 0.6) is 0 Å². The van der Waals surface area contributed by atoms with E-state index in [2.05, 4.69) is 47.9 Å². The van der Waals surface area contributed by atoms with Crippen LogP contribution in [-0.4, -0.2) is 23.8 Å². The topological polar surface area (TPSA) is 23.5 Å². The van der Waals surface area contributed by atoms with E-state index in [4.69, 9.17) is 11.6 Å². The van der Waals surface area contributed by atoms with Crippen LogP contribution in [0.4, 0.5) is 5.69 Å². The molecule has 3 rings (SSSR count). The first-order valence-electron chi connectivity index (χ1n) is 7.87. The Hall–Kier alpha value is -1.95. The standard InChI is InChI=1S/C20H20ClNO/c1-16-5-2-3-8-19(16)22-13-11-20(23,12-14-22)10-9-17-6-4-7-18(21)15-17/h2-8,15,23H,11-14H2,1H3. The molecular formula is C20H20ClNO. The Morgan fingerprint density at radius 2 is 1.83 bits per heavy atom. The van der Waals surface area contributed by atoms with Crippen LogP contribution in [0.2, 0.25) is 5.02 Å². The Balaban J connectivity index is 1.70. The van der Waals surface area contributed by atoms with Crippen molar-refractivity contribution in [2.24, 2.45) is 0 Å². The zero-order chi connectivity index (χ0) is 16.3. The fourth-order valence-corrected chi connectivity index (χ4v) is 3.11. The van der Waals surface area contributed by atoms with Crippen molar-refractivity contribution in [2.45, 2.75) is 25.4 Å². The lowest BCUT2D eigenvalue weighted by Gasteiger charge is -2.37. The molecule has 0 unspecified atom stereocenters. The number of piperidine rings is 1. The van der Waals surface area contributed by atoms with Gasteiger partial charge in [0, 0.05) is 42.2 Å². The van der Waals surface area contributed by atoms with Crippen molar-refractivity contribution < 1.29 is 5.11 Å². The Morgan fingerprint density at radius 1 is 1.09 bits per heavy atom. The van der Waals surface area contributed by atoms with Crippen LogP contribution in [-0.2, 0) is 0 Å². The third-order valence-corrected chi connectivity index (χ3v) is 4.55. The maximum absolute atomic E-state index is 10.7. The van der Waals surface area contributed by atoms with Gasteiger partial charge in [-0.1, -0.05) is 47.7 Å². The summed E-state index contributed by atoms with van der Waals surface area (Å²) in [6.45, 7) is 3.74. The lowest BCUT2D eigenvalue weighted by molar-refractivity contribution is 0.0746. The van der Waals surface area contributed by atoms with Crippen LogP contribution in [0.1, 0.15) is 24.0 Å². The van der Waals surface area contributed by atoms with Crippen LogP contribution in [0.15, 0.2) is 48.5 Å². The average Bonchev–Trinajstić information content (AvgIpc) is 2.55. The smallest absolute Gasteiger partial charge is 0.129 e. The number of benzene rings is 2. The Bertz CT molecular complexity index is 751. The second kappa shape index (κ2) is 6.66. The van der Waals surface area contributed by atoms with Gasteiger partial charge in [0.2, 0.25) is 0 Å². The zero-order valence-corrected chi connectivity index (χ0v) is 14.0. The highest BCUT2D eigenvalue weighted by Gasteiger charge is 2.30. The third-order valence-electron chi connectivity index (χ3n) is 4.31. The Kier molecular flexibility index (Phi) is 4.61. The SMILES string of the molecule is Cc1ccccc1N1CCC(O)(C#Cc2cccc(Cl)c2)CC1. The van der Waals surface area contributed by atoms with Crippen molar-refractivity contribution in [1.82, 2.24) is 0 Å². The molecule has 1 aliphatic rings. The van der Waals surface area contributed by atoms with E-state index in [9.17, 15) is 5.11 Å². The molecule has 2 aromatic carbocycles. The van der Waals surface area contributed by atoms with Gasteiger partial charge >= 0.3 is 0 Å². The second-order valence-corrected chi connectivity index (χ2v) is 6.50. The summed E-state index contributed by atoms with van der Waals surface area (Å²) >= 11 is 5.97. The highest BCUT2D eigenvalue weighted by molar-refractivity contribution is 6.30. The summed E-state index contributed by atoms with van der Waals surface area (Å²) in [6.07, 6.45) is 1.30. The molecular weight excluding hydrogens is 306 g/mol. The average molecular weight is 326 g/mol. The van der Waals surface area contributed by atoms with Gasteiger partial charge in [0.25, 0.3) is 0 Å². The second-order valence-electron chi connectivity index (χ2n) is 6.07. The van der Waals surface area contributed by atoms with Crippen molar-refractivity contribution >= 4 is 17.3 Å². The number of aryl methyl sites for hydroxylation is 1. The van der Waals surface area contributed by atoms with Crippen LogP contribution in [0.3, 0.4) is 0 Å². The molecule has 3 heteroatoms. The van der Waals surface area contributed by atoms with E-state index in [0.29, 0.717) is 17.9 Å². The largest absolute Gasteiger partial charge is 0.377 e. The predicted octanol–water partition coefficient (Wildman–Crippen LogP) is 4.03. The van der Waals surface area contributed by atoms with Crippen molar-refractivity contribution in [1.29, 1.82) is 0 Å². The predicted molar refractivity (Wildman–Crippen MR) is 95.9 cm³/mol. The van der Waals surface area contributed by atoms with Gasteiger partial charge in [-0.3, -0.25) is 0 Å².